The minimum Gasteiger partial charge on any atom is -0.361 e. The molecular formula is C22H21N5O. The monoisotopic (exact) mass is 371 g/mol. The summed E-state index contributed by atoms with van der Waals surface area (Å²) >= 11 is 0. The molecule has 6 heteroatoms. The van der Waals surface area contributed by atoms with E-state index in [0.29, 0.717) is 18.8 Å². The molecule has 0 atom stereocenters. The third-order valence-electron chi connectivity index (χ3n) is 5.34. The molecule has 0 spiro atoms. The van der Waals surface area contributed by atoms with Crippen molar-refractivity contribution in [2.75, 3.05) is 29.9 Å². The fourth-order valence-electron chi connectivity index (χ4n) is 3.88. The highest BCUT2D eigenvalue weighted by Gasteiger charge is 2.27. The number of rotatable bonds is 2. The number of carbonyl (C=O) groups is 1. The number of carbonyl (C=O) groups excluding carboxylic acids is 1. The second kappa shape index (κ2) is 6.64. The first kappa shape index (κ1) is 16.7. The Morgan fingerprint density at radius 3 is 2.54 bits per heavy atom. The normalized spacial score (nSPS) is 14.3. The smallest absolute Gasteiger partial charge is 0.232 e. The Balaban J connectivity index is 1.55. The van der Waals surface area contributed by atoms with Gasteiger partial charge in [0.2, 0.25) is 5.91 Å². The van der Waals surface area contributed by atoms with E-state index in [1.54, 1.807) is 4.90 Å². The molecule has 0 radical (unpaired) electrons. The SMILES string of the molecule is CN1CCCN(C(=O)Cc2c[nH]c3ccccc23)c2nc3ccccc3nc21. The highest BCUT2D eigenvalue weighted by molar-refractivity contribution is 5.99. The van der Waals surface area contributed by atoms with Crippen molar-refractivity contribution < 1.29 is 4.79 Å². The van der Waals surface area contributed by atoms with Gasteiger partial charge in [-0.05, 0) is 30.2 Å². The summed E-state index contributed by atoms with van der Waals surface area (Å²) in [5.41, 5.74) is 3.71. The highest BCUT2D eigenvalue weighted by atomic mass is 16.2. The van der Waals surface area contributed by atoms with Crippen LogP contribution in [0, 0.1) is 0 Å². The van der Waals surface area contributed by atoms with Crippen LogP contribution in [0.2, 0.25) is 0 Å². The molecule has 140 valence electrons. The maximum Gasteiger partial charge on any atom is 0.232 e. The van der Waals surface area contributed by atoms with E-state index in [2.05, 4.69) is 9.88 Å². The summed E-state index contributed by atoms with van der Waals surface area (Å²) in [5, 5.41) is 1.09. The van der Waals surface area contributed by atoms with Crippen LogP contribution in [-0.4, -0.2) is 41.0 Å². The summed E-state index contributed by atoms with van der Waals surface area (Å²) in [4.78, 5) is 30.1. The molecular weight excluding hydrogens is 350 g/mol. The second-order valence-corrected chi connectivity index (χ2v) is 7.22. The maximum atomic E-state index is 13.3. The predicted molar refractivity (Wildman–Crippen MR) is 112 cm³/mol. The van der Waals surface area contributed by atoms with E-state index in [-0.39, 0.29) is 5.91 Å². The van der Waals surface area contributed by atoms with Gasteiger partial charge in [-0.3, -0.25) is 9.69 Å². The molecule has 1 N–H and O–H groups in total. The first-order valence-corrected chi connectivity index (χ1v) is 9.54. The van der Waals surface area contributed by atoms with E-state index in [4.69, 9.17) is 9.97 Å². The van der Waals surface area contributed by atoms with Crippen LogP contribution in [0.5, 0.6) is 0 Å². The lowest BCUT2D eigenvalue weighted by molar-refractivity contribution is -0.118. The summed E-state index contributed by atoms with van der Waals surface area (Å²) in [6.45, 7) is 1.49. The number of aromatic amines is 1. The zero-order valence-corrected chi connectivity index (χ0v) is 15.7. The number of nitrogens with zero attached hydrogens (tertiary/aromatic N) is 4. The summed E-state index contributed by atoms with van der Waals surface area (Å²) < 4.78 is 0. The zero-order chi connectivity index (χ0) is 19.1. The van der Waals surface area contributed by atoms with Gasteiger partial charge in [0, 0.05) is 37.2 Å². The second-order valence-electron chi connectivity index (χ2n) is 7.22. The zero-order valence-electron chi connectivity index (χ0n) is 15.7. The number of nitrogens with one attached hydrogen (secondary N) is 1. The average Bonchev–Trinajstić information content (AvgIpc) is 3.05. The molecule has 2 aromatic carbocycles. The van der Waals surface area contributed by atoms with Crippen LogP contribution in [0.15, 0.2) is 54.7 Å². The van der Waals surface area contributed by atoms with Gasteiger partial charge in [-0.15, -0.1) is 0 Å². The Bertz CT molecular complexity index is 1180. The Hall–Kier alpha value is -3.41. The van der Waals surface area contributed by atoms with Crippen molar-refractivity contribution in [3.05, 3.63) is 60.3 Å². The number of aromatic nitrogens is 3. The van der Waals surface area contributed by atoms with Crippen LogP contribution < -0.4 is 9.80 Å². The lowest BCUT2D eigenvalue weighted by atomic mass is 10.1. The van der Waals surface area contributed by atoms with E-state index in [1.807, 2.05) is 61.8 Å². The minimum atomic E-state index is 0.0471. The molecule has 0 saturated carbocycles. The van der Waals surface area contributed by atoms with Gasteiger partial charge >= 0.3 is 0 Å². The van der Waals surface area contributed by atoms with Gasteiger partial charge in [0.1, 0.15) is 0 Å². The van der Waals surface area contributed by atoms with Crippen molar-refractivity contribution in [1.29, 1.82) is 0 Å². The van der Waals surface area contributed by atoms with Gasteiger partial charge in [0.15, 0.2) is 11.6 Å². The van der Waals surface area contributed by atoms with Crippen LogP contribution in [0.1, 0.15) is 12.0 Å². The molecule has 2 aromatic heterocycles. The third-order valence-corrected chi connectivity index (χ3v) is 5.34. The molecule has 0 saturated heterocycles. The van der Waals surface area contributed by atoms with Crippen LogP contribution >= 0.6 is 0 Å². The number of amides is 1. The van der Waals surface area contributed by atoms with E-state index in [9.17, 15) is 4.79 Å². The van der Waals surface area contributed by atoms with Crippen LogP contribution in [0.25, 0.3) is 21.9 Å². The van der Waals surface area contributed by atoms with Gasteiger partial charge in [0.05, 0.1) is 17.5 Å². The first-order chi connectivity index (χ1) is 13.7. The number of benzene rings is 2. The molecule has 6 nitrogen and oxygen atoms in total. The molecule has 1 amide bonds. The van der Waals surface area contributed by atoms with Crippen molar-refractivity contribution >= 4 is 39.5 Å². The van der Waals surface area contributed by atoms with Gasteiger partial charge in [-0.2, -0.15) is 0 Å². The molecule has 28 heavy (non-hydrogen) atoms. The van der Waals surface area contributed by atoms with Gasteiger partial charge in [0.25, 0.3) is 0 Å². The van der Waals surface area contributed by atoms with E-state index in [0.717, 1.165) is 46.3 Å². The molecule has 0 fully saturated rings. The van der Waals surface area contributed by atoms with E-state index in [1.165, 1.54) is 0 Å². The molecule has 0 unspecified atom stereocenters. The van der Waals surface area contributed by atoms with Gasteiger partial charge in [-0.25, -0.2) is 9.97 Å². The third kappa shape index (κ3) is 2.78. The number of H-pyrrole nitrogens is 1. The molecule has 1 aliphatic heterocycles. The number of fused-ring (bicyclic) bond motifs is 3. The summed E-state index contributed by atoms with van der Waals surface area (Å²) in [6.07, 6.45) is 3.14. The Labute approximate surface area is 162 Å². The molecule has 0 aliphatic carbocycles. The number of anilines is 2. The highest BCUT2D eigenvalue weighted by Crippen LogP contribution is 2.31. The maximum absolute atomic E-state index is 13.3. The number of hydrogen-bond acceptors (Lipinski definition) is 4. The Morgan fingerprint density at radius 2 is 1.71 bits per heavy atom. The lowest BCUT2D eigenvalue weighted by Crippen LogP contribution is -2.33. The topological polar surface area (TPSA) is 65.1 Å². The average molecular weight is 371 g/mol. The molecule has 3 heterocycles. The van der Waals surface area contributed by atoms with Crippen molar-refractivity contribution in [2.24, 2.45) is 0 Å². The molecule has 0 bridgehead atoms. The molecule has 4 aromatic rings. The van der Waals surface area contributed by atoms with Crippen molar-refractivity contribution in [3.63, 3.8) is 0 Å². The summed E-state index contributed by atoms with van der Waals surface area (Å²) in [7, 11) is 2.01. The van der Waals surface area contributed by atoms with Crippen molar-refractivity contribution in [1.82, 2.24) is 15.0 Å². The molecule has 1 aliphatic rings. The standard InChI is InChI=1S/C22H21N5O/c1-26-11-6-12-27(22-21(26)24-18-9-4-5-10-19(18)25-22)20(28)13-15-14-23-17-8-3-2-7-16(15)17/h2-5,7-10,14,23H,6,11-13H2,1H3. The van der Waals surface area contributed by atoms with Crippen LogP contribution in [0.4, 0.5) is 11.6 Å². The Kier molecular flexibility index (Phi) is 3.97. The lowest BCUT2D eigenvalue weighted by Gasteiger charge is -2.22. The van der Waals surface area contributed by atoms with Gasteiger partial charge in [-0.1, -0.05) is 30.3 Å². The van der Waals surface area contributed by atoms with Crippen LogP contribution in [0.3, 0.4) is 0 Å². The first-order valence-electron chi connectivity index (χ1n) is 9.54. The van der Waals surface area contributed by atoms with Crippen LogP contribution in [-0.2, 0) is 11.2 Å². The number of para-hydroxylation sites is 3. The van der Waals surface area contributed by atoms with Gasteiger partial charge < -0.3 is 9.88 Å². The number of hydrogen-bond donors (Lipinski definition) is 1. The quantitative estimate of drug-likeness (QED) is 0.585. The fourth-order valence-corrected chi connectivity index (χ4v) is 3.88. The summed E-state index contributed by atoms with van der Waals surface area (Å²) in [5.74, 6) is 1.47. The van der Waals surface area contributed by atoms with E-state index >= 15 is 0 Å². The predicted octanol–water partition coefficient (Wildman–Crippen LogP) is 3.53. The van der Waals surface area contributed by atoms with Crippen molar-refractivity contribution in [3.8, 4) is 0 Å². The largest absolute Gasteiger partial charge is 0.361 e. The Morgan fingerprint density at radius 1 is 1.00 bits per heavy atom. The fraction of sp³-hybridized carbons (Fsp3) is 0.227. The molecule has 5 rings (SSSR count). The van der Waals surface area contributed by atoms with Crippen molar-refractivity contribution in [2.45, 2.75) is 12.8 Å². The minimum absolute atomic E-state index is 0.0471. The summed E-state index contributed by atoms with van der Waals surface area (Å²) in [6, 6.07) is 15.9. The van der Waals surface area contributed by atoms with E-state index < -0.39 is 0 Å².